The summed E-state index contributed by atoms with van der Waals surface area (Å²) < 4.78 is 0. The molecule has 4 heteroatoms. The summed E-state index contributed by atoms with van der Waals surface area (Å²) in [6.45, 7) is 1.08. The molecule has 1 saturated carbocycles. The van der Waals surface area contributed by atoms with Gasteiger partial charge in [-0.05, 0) is 25.7 Å². The van der Waals surface area contributed by atoms with Gasteiger partial charge in [0.2, 0.25) is 0 Å². The van der Waals surface area contributed by atoms with Crippen molar-refractivity contribution in [1.29, 1.82) is 0 Å². The Hall–Kier alpha value is -0.610. The molecule has 0 aliphatic heterocycles. The van der Waals surface area contributed by atoms with Crippen molar-refractivity contribution in [2.24, 2.45) is 11.5 Å². The third-order valence-electron chi connectivity index (χ3n) is 1.82. The van der Waals surface area contributed by atoms with Crippen molar-refractivity contribution in [2.75, 3.05) is 0 Å². The highest BCUT2D eigenvalue weighted by molar-refractivity contribution is 5.62. The van der Waals surface area contributed by atoms with Gasteiger partial charge in [-0.1, -0.05) is 0 Å². The summed E-state index contributed by atoms with van der Waals surface area (Å²) in [7, 11) is 0. The second-order valence-electron chi connectivity index (χ2n) is 3.19. The van der Waals surface area contributed by atoms with Crippen LogP contribution in [0.25, 0.3) is 0 Å². The van der Waals surface area contributed by atoms with Crippen LogP contribution < -0.4 is 11.5 Å². The van der Waals surface area contributed by atoms with Crippen LogP contribution in [0.5, 0.6) is 0 Å². The Balaban J connectivity index is 0.000000261. The van der Waals surface area contributed by atoms with E-state index in [0.717, 1.165) is 32.6 Å². The molecule has 0 aromatic heterocycles. The predicted molar refractivity (Wildman–Crippen MR) is 47.7 cm³/mol. The number of hydrogen-bond acceptors (Lipinski definition) is 3. The van der Waals surface area contributed by atoms with Crippen LogP contribution in [0.3, 0.4) is 0 Å². The van der Waals surface area contributed by atoms with E-state index in [2.05, 4.69) is 0 Å². The average molecular weight is 174 g/mol. The van der Waals surface area contributed by atoms with Crippen molar-refractivity contribution in [3.8, 4) is 0 Å². The highest BCUT2D eigenvalue weighted by atomic mass is 16.4. The second kappa shape index (κ2) is 5.97. The number of carbonyl (C=O) groups is 1. The van der Waals surface area contributed by atoms with E-state index in [-0.39, 0.29) is 0 Å². The number of rotatable bonds is 0. The minimum absolute atomic E-state index is 0.440. The third-order valence-corrected chi connectivity index (χ3v) is 1.82. The van der Waals surface area contributed by atoms with Crippen LogP contribution in [-0.2, 0) is 4.79 Å². The standard InChI is InChI=1S/C6H14N2.C2H4O2/c7-5-1-2-6(8)4-3-5;1-2(3)4/h5-6H,1-4,7-8H2;1H3,(H,3,4). The summed E-state index contributed by atoms with van der Waals surface area (Å²) >= 11 is 0. The van der Waals surface area contributed by atoms with Crippen LogP contribution >= 0.6 is 0 Å². The van der Waals surface area contributed by atoms with Crippen LogP contribution in [0.15, 0.2) is 0 Å². The molecule has 0 bridgehead atoms. The van der Waals surface area contributed by atoms with Crippen LogP contribution in [0.1, 0.15) is 32.6 Å². The monoisotopic (exact) mass is 174 g/mol. The number of nitrogens with two attached hydrogens (primary N) is 2. The molecular weight excluding hydrogens is 156 g/mol. The SMILES string of the molecule is CC(=O)O.NC1CCC(N)CC1. The van der Waals surface area contributed by atoms with Crippen molar-refractivity contribution in [2.45, 2.75) is 44.7 Å². The molecule has 0 heterocycles. The third kappa shape index (κ3) is 7.50. The lowest BCUT2D eigenvalue weighted by Gasteiger charge is -2.22. The Morgan fingerprint density at radius 1 is 1.17 bits per heavy atom. The molecule has 0 aromatic carbocycles. The Morgan fingerprint density at radius 3 is 1.50 bits per heavy atom. The minimum Gasteiger partial charge on any atom is -0.481 e. The minimum atomic E-state index is -0.833. The smallest absolute Gasteiger partial charge is 0.300 e. The fourth-order valence-corrected chi connectivity index (χ4v) is 1.14. The first-order valence-corrected chi connectivity index (χ1v) is 4.23. The van der Waals surface area contributed by atoms with Gasteiger partial charge in [-0.25, -0.2) is 0 Å². The predicted octanol–water partition coefficient (Wildman–Crippen LogP) is 0.306. The molecule has 5 N–H and O–H groups in total. The van der Waals surface area contributed by atoms with Crippen molar-refractivity contribution >= 4 is 5.97 Å². The first kappa shape index (κ1) is 11.4. The molecule has 1 rings (SSSR count). The molecule has 0 amide bonds. The highest BCUT2D eigenvalue weighted by Crippen LogP contribution is 2.14. The molecule has 0 radical (unpaired) electrons. The zero-order chi connectivity index (χ0) is 9.56. The topological polar surface area (TPSA) is 89.3 Å². The first-order chi connectivity index (χ1) is 5.52. The van der Waals surface area contributed by atoms with Gasteiger partial charge >= 0.3 is 0 Å². The van der Waals surface area contributed by atoms with E-state index < -0.39 is 5.97 Å². The van der Waals surface area contributed by atoms with Crippen LogP contribution in [0.2, 0.25) is 0 Å². The lowest BCUT2D eigenvalue weighted by Crippen LogP contribution is -2.33. The largest absolute Gasteiger partial charge is 0.481 e. The summed E-state index contributed by atoms with van der Waals surface area (Å²) in [6, 6.07) is 0.879. The Labute approximate surface area is 72.9 Å². The van der Waals surface area contributed by atoms with E-state index in [4.69, 9.17) is 21.4 Å². The van der Waals surface area contributed by atoms with Gasteiger partial charge in [-0.2, -0.15) is 0 Å². The van der Waals surface area contributed by atoms with Gasteiger partial charge in [0.05, 0.1) is 0 Å². The maximum Gasteiger partial charge on any atom is 0.300 e. The molecule has 0 saturated heterocycles. The van der Waals surface area contributed by atoms with Crippen LogP contribution in [-0.4, -0.2) is 23.2 Å². The molecule has 4 nitrogen and oxygen atoms in total. The second-order valence-corrected chi connectivity index (χ2v) is 3.19. The van der Waals surface area contributed by atoms with Gasteiger partial charge in [0, 0.05) is 19.0 Å². The summed E-state index contributed by atoms with van der Waals surface area (Å²) in [4.78, 5) is 9.00. The number of hydrogen-bond donors (Lipinski definition) is 3. The fourth-order valence-electron chi connectivity index (χ4n) is 1.14. The molecule has 1 aliphatic carbocycles. The molecular formula is C8H18N2O2. The summed E-state index contributed by atoms with van der Waals surface area (Å²) in [5.74, 6) is -0.833. The Morgan fingerprint density at radius 2 is 1.33 bits per heavy atom. The number of carboxylic acid groups (broad SMARTS) is 1. The summed E-state index contributed by atoms with van der Waals surface area (Å²) in [6.07, 6.45) is 4.50. The first-order valence-electron chi connectivity index (χ1n) is 4.23. The van der Waals surface area contributed by atoms with E-state index in [9.17, 15) is 0 Å². The van der Waals surface area contributed by atoms with Crippen molar-refractivity contribution in [3.63, 3.8) is 0 Å². The summed E-state index contributed by atoms with van der Waals surface area (Å²) in [5.41, 5.74) is 11.3. The van der Waals surface area contributed by atoms with Gasteiger partial charge in [0.25, 0.3) is 5.97 Å². The van der Waals surface area contributed by atoms with Crippen molar-refractivity contribution in [1.82, 2.24) is 0 Å². The van der Waals surface area contributed by atoms with Crippen molar-refractivity contribution in [3.05, 3.63) is 0 Å². The van der Waals surface area contributed by atoms with Crippen molar-refractivity contribution < 1.29 is 9.90 Å². The van der Waals surface area contributed by atoms with Gasteiger partial charge < -0.3 is 16.6 Å². The maximum atomic E-state index is 9.00. The maximum absolute atomic E-state index is 9.00. The highest BCUT2D eigenvalue weighted by Gasteiger charge is 2.13. The van der Waals surface area contributed by atoms with Gasteiger partial charge in [-0.3, -0.25) is 4.79 Å². The molecule has 1 fully saturated rings. The lowest BCUT2D eigenvalue weighted by molar-refractivity contribution is -0.134. The van der Waals surface area contributed by atoms with E-state index in [0.29, 0.717) is 12.1 Å². The Bertz CT molecular complexity index is 117. The molecule has 12 heavy (non-hydrogen) atoms. The average Bonchev–Trinajstić information content (AvgIpc) is 1.94. The fraction of sp³-hybridized carbons (Fsp3) is 0.875. The quantitative estimate of drug-likeness (QED) is 0.493. The number of carboxylic acids is 1. The van der Waals surface area contributed by atoms with Crippen LogP contribution in [0, 0.1) is 0 Å². The molecule has 0 unspecified atom stereocenters. The molecule has 72 valence electrons. The Kier molecular flexibility index (Phi) is 5.66. The van der Waals surface area contributed by atoms with E-state index in [1.165, 1.54) is 0 Å². The number of aliphatic carboxylic acids is 1. The van der Waals surface area contributed by atoms with E-state index >= 15 is 0 Å². The summed E-state index contributed by atoms with van der Waals surface area (Å²) in [5, 5.41) is 7.42. The molecule has 1 aliphatic rings. The lowest BCUT2D eigenvalue weighted by atomic mass is 9.93. The molecule has 0 aromatic rings. The normalized spacial score (nSPS) is 28.6. The van der Waals surface area contributed by atoms with E-state index in [1.54, 1.807) is 0 Å². The molecule has 0 atom stereocenters. The van der Waals surface area contributed by atoms with E-state index in [1.807, 2.05) is 0 Å². The van der Waals surface area contributed by atoms with Crippen LogP contribution in [0.4, 0.5) is 0 Å². The zero-order valence-corrected chi connectivity index (χ0v) is 7.49. The van der Waals surface area contributed by atoms with Gasteiger partial charge in [0.1, 0.15) is 0 Å². The zero-order valence-electron chi connectivity index (χ0n) is 7.49. The van der Waals surface area contributed by atoms with Gasteiger partial charge in [-0.15, -0.1) is 0 Å². The van der Waals surface area contributed by atoms with Gasteiger partial charge in [0.15, 0.2) is 0 Å². The molecule has 0 spiro atoms.